The molecule has 0 aliphatic heterocycles. The fourth-order valence-corrected chi connectivity index (χ4v) is 2.39. The van der Waals surface area contributed by atoms with Gasteiger partial charge in [0.15, 0.2) is 5.96 Å². The zero-order valence-corrected chi connectivity index (χ0v) is 15.6. The minimum atomic E-state index is -2.87. The quantitative estimate of drug-likeness (QED) is 0.305. The van der Waals surface area contributed by atoms with Crippen molar-refractivity contribution in [2.75, 3.05) is 7.05 Å². The van der Waals surface area contributed by atoms with E-state index in [1.807, 2.05) is 0 Å². The van der Waals surface area contributed by atoms with Gasteiger partial charge < -0.3 is 15.4 Å². The molecule has 1 aromatic carbocycles. The number of rotatable bonds is 5. The summed E-state index contributed by atoms with van der Waals surface area (Å²) in [6, 6.07) is 4.85. The second kappa shape index (κ2) is 9.92. The molecule has 0 unspecified atom stereocenters. The Morgan fingerprint density at radius 1 is 1.39 bits per heavy atom. The fourth-order valence-electron chi connectivity index (χ4n) is 2.20. The van der Waals surface area contributed by atoms with E-state index in [-0.39, 0.29) is 36.3 Å². The average molecular weight is 458 g/mol. The Balaban J connectivity index is 0.00000264. The average Bonchev–Trinajstić information content (AvgIpc) is 2.98. The van der Waals surface area contributed by atoms with Crippen LogP contribution in [0, 0.1) is 0 Å². The van der Waals surface area contributed by atoms with Crippen molar-refractivity contribution in [2.24, 2.45) is 4.99 Å². The monoisotopic (exact) mass is 457 g/mol. The van der Waals surface area contributed by atoms with Crippen LogP contribution in [0.15, 0.2) is 35.3 Å². The van der Waals surface area contributed by atoms with Crippen LogP contribution in [0.1, 0.15) is 18.4 Å². The summed E-state index contributed by atoms with van der Waals surface area (Å²) in [5, 5.41) is 6.81. The van der Waals surface area contributed by atoms with Crippen LogP contribution in [-0.4, -0.2) is 25.7 Å². The summed E-state index contributed by atoms with van der Waals surface area (Å²) in [4.78, 5) is 4.12. The van der Waals surface area contributed by atoms with Gasteiger partial charge in [-0.25, -0.2) is 0 Å². The second-order valence-electron chi connectivity index (χ2n) is 4.84. The molecule has 23 heavy (non-hydrogen) atoms. The lowest BCUT2D eigenvalue weighted by molar-refractivity contribution is -0.0504. The van der Waals surface area contributed by atoms with Gasteiger partial charge in [0.1, 0.15) is 5.75 Å². The van der Waals surface area contributed by atoms with E-state index in [1.165, 1.54) is 12.1 Å². The molecule has 0 aromatic heterocycles. The van der Waals surface area contributed by atoms with Gasteiger partial charge in [0.2, 0.25) is 0 Å². The van der Waals surface area contributed by atoms with Crippen LogP contribution in [0.2, 0.25) is 5.02 Å². The molecular weight excluding hydrogens is 439 g/mol. The predicted octanol–water partition coefficient (Wildman–Crippen LogP) is 3.94. The van der Waals surface area contributed by atoms with Crippen molar-refractivity contribution < 1.29 is 13.5 Å². The number of benzene rings is 1. The lowest BCUT2D eigenvalue weighted by atomic mass is 10.2. The van der Waals surface area contributed by atoms with E-state index in [0.717, 1.165) is 12.8 Å². The Morgan fingerprint density at radius 2 is 2.09 bits per heavy atom. The highest BCUT2D eigenvalue weighted by Crippen LogP contribution is 2.24. The van der Waals surface area contributed by atoms with Gasteiger partial charge in [0.25, 0.3) is 0 Å². The Bertz CT molecular complexity index is 562. The summed E-state index contributed by atoms with van der Waals surface area (Å²) in [5.74, 6) is 0.710. The highest BCUT2D eigenvalue weighted by atomic mass is 127. The lowest BCUT2D eigenvalue weighted by Crippen LogP contribution is -2.42. The molecule has 1 aliphatic carbocycles. The first kappa shape index (κ1) is 20.0. The van der Waals surface area contributed by atoms with E-state index < -0.39 is 6.61 Å². The summed E-state index contributed by atoms with van der Waals surface area (Å²) in [7, 11) is 1.66. The van der Waals surface area contributed by atoms with Crippen molar-refractivity contribution >= 4 is 41.5 Å². The maximum absolute atomic E-state index is 12.4. The molecule has 0 heterocycles. The zero-order chi connectivity index (χ0) is 15.9. The van der Waals surface area contributed by atoms with Crippen molar-refractivity contribution in [1.82, 2.24) is 10.6 Å². The third-order valence-electron chi connectivity index (χ3n) is 3.26. The van der Waals surface area contributed by atoms with Crippen molar-refractivity contribution in [3.05, 3.63) is 40.9 Å². The van der Waals surface area contributed by atoms with Crippen LogP contribution in [0.3, 0.4) is 0 Å². The maximum Gasteiger partial charge on any atom is 0.387 e. The summed E-state index contributed by atoms with van der Waals surface area (Å²) < 4.78 is 29.3. The minimum absolute atomic E-state index is 0. The Morgan fingerprint density at radius 3 is 2.70 bits per heavy atom. The van der Waals surface area contributed by atoms with Crippen molar-refractivity contribution in [1.29, 1.82) is 0 Å². The van der Waals surface area contributed by atoms with E-state index >= 15 is 0 Å². The molecule has 0 saturated heterocycles. The molecule has 2 rings (SSSR count). The third-order valence-corrected chi connectivity index (χ3v) is 3.49. The van der Waals surface area contributed by atoms with Gasteiger partial charge in [0, 0.05) is 30.2 Å². The van der Waals surface area contributed by atoms with Gasteiger partial charge in [-0.1, -0.05) is 23.8 Å². The van der Waals surface area contributed by atoms with Gasteiger partial charge >= 0.3 is 6.61 Å². The van der Waals surface area contributed by atoms with Crippen LogP contribution < -0.4 is 15.4 Å². The summed E-state index contributed by atoms with van der Waals surface area (Å²) in [6.45, 7) is -2.59. The van der Waals surface area contributed by atoms with Crippen LogP contribution in [0.25, 0.3) is 0 Å². The second-order valence-corrected chi connectivity index (χ2v) is 5.28. The number of aliphatic imine (C=N–C) groups is 1. The van der Waals surface area contributed by atoms with E-state index in [9.17, 15) is 8.78 Å². The normalized spacial score (nSPS) is 14.7. The molecule has 1 aromatic rings. The predicted molar refractivity (Wildman–Crippen MR) is 99.0 cm³/mol. The number of guanidine groups is 1. The van der Waals surface area contributed by atoms with Crippen LogP contribution >= 0.6 is 35.6 Å². The zero-order valence-electron chi connectivity index (χ0n) is 12.6. The summed E-state index contributed by atoms with van der Waals surface area (Å²) in [5.41, 5.74) is 0.542. The molecule has 8 heteroatoms. The van der Waals surface area contributed by atoms with Gasteiger partial charge in [-0.05, 0) is 31.0 Å². The number of alkyl halides is 2. The third kappa shape index (κ3) is 6.50. The van der Waals surface area contributed by atoms with E-state index in [2.05, 4.69) is 32.5 Å². The number of halogens is 4. The molecule has 4 nitrogen and oxygen atoms in total. The Labute approximate surface area is 156 Å². The molecule has 2 N–H and O–H groups in total. The van der Waals surface area contributed by atoms with Crippen LogP contribution in [0.5, 0.6) is 5.75 Å². The van der Waals surface area contributed by atoms with Gasteiger partial charge in [-0.3, -0.25) is 4.99 Å². The molecule has 0 amide bonds. The summed E-state index contributed by atoms with van der Waals surface area (Å²) in [6.07, 6.45) is 6.10. The molecule has 0 fully saturated rings. The number of ether oxygens (including phenoxy) is 1. The molecule has 1 aliphatic rings. The first-order valence-corrected chi connectivity index (χ1v) is 7.31. The number of hydrogen-bond donors (Lipinski definition) is 2. The fraction of sp³-hybridized carbons (Fsp3) is 0.400. The molecule has 0 atom stereocenters. The minimum Gasteiger partial charge on any atom is -0.434 e. The number of nitrogens with zero attached hydrogens (tertiary/aromatic N) is 1. The Kier molecular flexibility index (Phi) is 8.60. The highest BCUT2D eigenvalue weighted by Gasteiger charge is 2.13. The molecule has 0 bridgehead atoms. The maximum atomic E-state index is 12.4. The largest absolute Gasteiger partial charge is 0.434 e. The van der Waals surface area contributed by atoms with E-state index in [0.29, 0.717) is 22.6 Å². The highest BCUT2D eigenvalue weighted by molar-refractivity contribution is 14.0. The Hall–Kier alpha value is -1.09. The van der Waals surface area contributed by atoms with Gasteiger partial charge in [0.05, 0.1) is 0 Å². The van der Waals surface area contributed by atoms with E-state index in [4.69, 9.17) is 11.6 Å². The SMILES string of the molecule is CN=C(NCc1cc(Cl)ccc1OC(F)F)NC1CC=CC1.I. The molecule has 0 spiro atoms. The lowest BCUT2D eigenvalue weighted by Gasteiger charge is -2.18. The molecule has 128 valence electrons. The van der Waals surface area contributed by atoms with Gasteiger partial charge in [-0.2, -0.15) is 8.78 Å². The molecule has 0 radical (unpaired) electrons. The van der Waals surface area contributed by atoms with Gasteiger partial charge in [-0.15, -0.1) is 24.0 Å². The van der Waals surface area contributed by atoms with Crippen molar-refractivity contribution in [3.63, 3.8) is 0 Å². The molecular formula is C15H19ClF2IN3O. The van der Waals surface area contributed by atoms with Crippen molar-refractivity contribution in [3.8, 4) is 5.75 Å². The molecule has 0 saturated carbocycles. The number of hydrogen-bond acceptors (Lipinski definition) is 2. The first-order chi connectivity index (χ1) is 10.6. The van der Waals surface area contributed by atoms with Crippen LogP contribution in [0.4, 0.5) is 8.78 Å². The van der Waals surface area contributed by atoms with E-state index in [1.54, 1.807) is 13.1 Å². The number of nitrogens with one attached hydrogen (secondary N) is 2. The van der Waals surface area contributed by atoms with Crippen LogP contribution in [-0.2, 0) is 6.54 Å². The standard InChI is InChI=1S/C15H18ClF2N3O.HI/c1-19-15(21-12-4-2-3-5-12)20-9-10-8-11(16)6-7-13(10)22-14(17)18;/h2-3,6-8,12,14H,4-5,9H2,1H3,(H2,19,20,21);1H. The summed E-state index contributed by atoms with van der Waals surface area (Å²) >= 11 is 5.92. The topological polar surface area (TPSA) is 45.7 Å². The first-order valence-electron chi connectivity index (χ1n) is 6.94. The van der Waals surface area contributed by atoms with Crippen molar-refractivity contribution in [2.45, 2.75) is 32.0 Å². The smallest absolute Gasteiger partial charge is 0.387 e.